The van der Waals surface area contributed by atoms with Gasteiger partial charge in [0.15, 0.2) is 11.2 Å². The first kappa shape index (κ1) is 13.8. The lowest BCUT2D eigenvalue weighted by Crippen LogP contribution is -2.57. The van der Waals surface area contributed by atoms with E-state index in [0.29, 0.717) is 5.24 Å². The molecule has 130 valence electrons. The van der Waals surface area contributed by atoms with E-state index in [-0.39, 0.29) is 11.2 Å². The Morgan fingerprint density at radius 2 is 1.04 bits per heavy atom. The van der Waals surface area contributed by atoms with E-state index in [4.69, 9.17) is 21.7 Å². The molecular weight excluding hydrogens is 316 g/mol. The van der Waals surface area contributed by atoms with Crippen molar-refractivity contribution in [1.29, 1.82) is 0 Å². The fourth-order valence-electron chi connectivity index (χ4n) is 9.90. The van der Waals surface area contributed by atoms with Crippen molar-refractivity contribution in [2.75, 3.05) is 0 Å². The fraction of sp³-hybridized carbons (Fsp3) is 0.952. The minimum Gasteiger partial charge on any atom is -0.446 e. The van der Waals surface area contributed by atoms with Gasteiger partial charge in [0.2, 0.25) is 0 Å². The summed E-state index contributed by atoms with van der Waals surface area (Å²) in [5, 5.41) is 0.516. The Morgan fingerprint density at radius 3 is 1.54 bits per heavy atom. The van der Waals surface area contributed by atoms with E-state index in [1.165, 1.54) is 64.2 Å². The lowest BCUT2D eigenvalue weighted by molar-refractivity contribution is -0.106. The van der Waals surface area contributed by atoms with Crippen LogP contribution < -0.4 is 0 Å². The molecule has 1 aliphatic heterocycles. The third-order valence-corrected chi connectivity index (χ3v) is 10.4. The lowest BCUT2D eigenvalue weighted by Gasteiger charge is -2.44. The standard InChI is InChI=1S/C21H28O2S/c24-19-22-20(9-13-3-1-11-5-7-15(20)17(11)13)21(23-19)10-14-4-2-12-6-8-16(21)18(12)14/h11-18H,1-10H2/t11?,12?,13?,14?,15?,16?,17-,18-,20+,21+/m1/s1. The van der Waals surface area contributed by atoms with Crippen molar-refractivity contribution in [2.24, 2.45) is 47.3 Å². The summed E-state index contributed by atoms with van der Waals surface area (Å²) in [5.41, 5.74) is -0.0586. The molecule has 6 saturated carbocycles. The summed E-state index contributed by atoms with van der Waals surface area (Å²) in [5.74, 6) is 7.15. The van der Waals surface area contributed by atoms with Gasteiger partial charge in [0.25, 0.3) is 0 Å². The maximum atomic E-state index is 6.64. The second kappa shape index (κ2) is 4.15. The van der Waals surface area contributed by atoms with Crippen molar-refractivity contribution < 1.29 is 9.47 Å². The quantitative estimate of drug-likeness (QED) is 0.593. The molecule has 7 rings (SSSR count). The Kier molecular flexibility index (Phi) is 2.40. The zero-order chi connectivity index (χ0) is 15.7. The largest absolute Gasteiger partial charge is 0.446 e. The number of rotatable bonds is 0. The minimum absolute atomic E-state index is 0.0293. The van der Waals surface area contributed by atoms with Gasteiger partial charge in [-0.3, -0.25) is 0 Å². The van der Waals surface area contributed by atoms with E-state index in [2.05, 4.69) is 0 Å². The van der Waals surface area contributed by atoms with Crippen LogP contribution in [0.5, 0.6) is 0 Å². The molecule has 7 fully saturated rings. The molecule has 0 amide bonds. The van der Waals surface area contributed by atoms with Gasteiger partial charge in [-0.2, -0.15) is 0 Å². The molecule has 0 aromatic rings. The molecule has 3 heteroatoms. The summed E-state index contributed by atoms with van der Waals surface area (Å²) in [6.07, 6.45) is 14.0. The van der Waals surface area contributed by atoms with E-state index in [9.17, 15) is 0 Å². The predicted molar refractivity (Wildman–Crippen MR) is 94.3 cm³/mol. The zero-order valence-electron chi connectivity index (χ0n) is 14.4. The summed E-state index contributed by atoms with van der Waals surface area (Å²) in [7, 11) is 0. The molecule has 7 aliphatic rings. The van der Waals surface area contributed by atoms with E-state index < -0.39 is 0 Å². The molecule has 24 heavy (non-hydrogen) atoms. The monoisotopic (exact) mass is 344 g/mol. The van der Waals surface area contributed by atoms with E-state index in [1.54, 1.807) is 0 Å². The number of ether oxygens (including phenoxy) is 2. The highest BCUT2D eigenvalue weighted by atomic mass is 32.1. The highest BCUT2D eigenvalue weighted by Crippen LogP contribution is 2.74. The van der Waals surface area contributed by atoms with Gasteiger partial charge in [-0.25, -0.2) is 0 Å². The van der Waals surface area contributed by atoms with Crippen LogP contribution in [0.1, 0.15) is 64.2 Å². The third-order valence-electron chi connectivity index (χ3n) is 10.2. The van der Waals surface area contributed by atoms with Crippen LogP contribution in [0.2, 0.25) is 0 Å². The zero-order valence-corrected chi connectivity index (χ0v) is 15.2. The van der Waals surface area contributed by atoms with Crippen LogP contribution in [-0.2, 0) is 9.47 Å². The van der Waals surface area contributed by atoms with Gasteiger partial charge < -0.3 is 9.47 Å². The Balaban J connectivity index is 1.38. The van der Waals surface area contributed by atoms with Gasteiger partial charge in [-0.05, 0) is 99.7 Å². The average Bonchev–Trinajstić information content (AvgIpc) is 3.32. The molecule has 6 unspecified atom stereocenters. The maximum Gasteiger partial charge on any atom is 0.353 e. The number of hydrogen-bond donors (Lipinski definition) is 0. The molecule has 0 radical (unpaired) electrons. The van der Waals surface area contributed by atoms with Crippen molar-refractivity contribution in [2.45, 2.75) is 75.4 Å². The third kappa shape index (κ3) is 1.29. The van der Waals surface area contributed by atoms with Crippen molar-refractivity contribution in [3.63, 3.8) is 0 Å². The molecule has 1 heterocycles. The summed E-state index contributed by atoms with van der Waals surface area (Å²) >= 11 is 5.59. The van der Waals surface area contributed by atoms with Crippen molar-refractivity contribution in [3.05, 3.63) is 0 Å². The smallest absolute Gasteiger partial charge is 0.353 e. The molecule has 6 aliphatic carbocycles. The van der Waals surface area contributed by atoms with Crippen LogP contribution >= 0.6 is 12.2 Å². The van der Waals surface area contributed by atoms with Gasteiger partial charge in [-0.15, -0.1) is 0 Å². The van der Waals surface area contributed by atoms with Crippen molar-refractivity contribution in [1.82, 2.24) is 0 Å². The molecule has 0 bridgehead atoms. The highest BCUT2D eigenvalue weighted by Gasteiger charge is 2.79. The Bertz CT molecular complexity index is 581. The topological polar surface area (TPSA) is 18.5 Å². The number of hydrogen-bond acceptors (Lipinski definition) is 3. The maximum absolute atomic E-state index is 6.64. The van der Waals surface area contributed by atoms with Crippen LogP contribution in [-0.4, -0.2) is 16.4 Å². The summed E-state index contributed by atoms with van der Waals surface area (Å²) in [6, 6.07) is 0. The molecule has 2 spiro atoms. The first-order chi connectivity index (χ1) is 11.7. The molecule has 1 saturated heterocycles. The van der Waals surface area contributed by atoms with Crippen LogP contribution in [0.15, 0.2) is 0 Å². The molecular formula is C21H28O2S. The van der Waals surface area contributed by atoms with Gasteiger partial charge in [0.1, 0.15) is 0 Å². The summed E-state index contributed by atoms with van der Waals surface area (Å²) in [6.45, 7) is 0. The van der Waals surface area contributed by atoms with Gasteiger partial charge >= 0.3 is 5.24 Å². The molecule has 0 aromatic heterocycles. The first-order valence-electron chi connectivity index (χ1n) is 10.6. The Hall–Kier alpha value is -0.310. The van der Waals surface area contributed by atoms with Crippen LogP contribution in [0.4, 0.5) is 0 Å². The lowest BCUT2D eigenvalue weighted by atomic mass is 9.67. The van der Waals surface area contributed by atoms with Crippen molar-refractivity contribution >= 4 is 17.5 Å². The summed E-state index contributed by atoms with van der Waals surface area (Å²) < 4.78 is 13.3. The van der Waals surface area contributed by atoms with Gasteiger partial charge in [0.05, 0.1) is 0 Å². The van der Waals surface area contributed by atoms with E-state index in [1.807, 2.05) is 0 Å². The number of fused-ring (bicyclic) bond motifs is 3. The Morgan fingerprint density at radius 1 is 0.625 bits per heavy atom. The van der Waals surface area contributed by atoms with E-state index >= 15 is 0 Å². The fourth-order valence-corrected chi connectivity index (χ4v) is 10.2. The SMILES string of the molecule is S=C1O[C@]2(CC3CCC4CCC2[C@H]43)[C@@]2(CC3CCC4CCC2[C@H]43)O1. The molecule has 10 atom stereocenters. The first-order valence-corrected chi connectivity index (χ1v) is 11.0. The normalized spacial score (nSPS) is 64.9. The van der Waals surface area contributed by atoms with Gasteiger partial charge in [-0.1, -0.05) is 0 Å². The van der Waals surface area contributed by atoms with Crippen LogP contribution in [0.3, 0.4) is 0 Å². The second-order valence-electron chi connectivity index (χ2n) is 10.4. The Labute approximate surface area is 150 Å². The van der Waals surface area contributed by atoms with Gasteiger partial charge in [0, 0.05) is 24.1 Å². The highest BCUT2D eigenvalue weighted by molar-refractivity contribution is 7.79. The van der Waals surface area contributed by atoms with Crippen LogP contribution in [0, 0.1) is 47.3 Å². The van der Waals surface area contributed by atoms with Crippen LogP contribution in [0.25, 0.3) is 0 Å². The predicted octanol–water partition coefficient (Wildman–Crippen LogP) is 4.71. The van der Waals surface area contributed by atoms with E-state index in [0.717, 1.165) is 47.3 Å². The second-order valence-corrected chi connectivity index (χ2v) is 10.7. The number of thiocarbonyl (C=S) groups is 1. The molecule has 2 nitrogen and oxygen atoms in total. The van der Waals surface area contributed by atoms with Crippen molar-refractivity contribution in [3.8, 4) is 0 Å². The summed E-state index contributed by atoms with van der Waals surface area (Å²) in [4.78, 5) is 0. The average molecular weight is 345 g/mol. The minimum atomic E-state index is -0.0293. The molecule has 0 N–H and O–H groups in total. The molecule has 0 aromatic carbocycles.